The van der Waals surface area contributed by atoms with Gasteiger partial charge in [-0.15, -0.1) is 0 Å². The van der Waals surface area contributed by atoms with Crippen LogP contribution in [0.3, 0.4) is 0 Å². The number of hydrogen-bond donors (Lipinski definition) is 1. The summed E-state index contributed by atoms with van der Waals surface area (Å²) in [5.74, 6) is 0.573. The molecule has 2 saturated heterocycles. The summed E-state index contributed by atoms with van der Waals surface area (Å²) in [5.41, 5.74) is 0.218. The number of halogens is 1. The maximum absolute atomic E-state index is 13.0. The number of likely N-dealkylation sites (tertiary alicyclic amines) is 2. The monoisotopic (exact) mass is 392 g/mol. The lowest BCUT2D eigenvalue weighted by molar-refractivity contribution is -0.139. The average molecular weight is 393 g/mol. The molecule has 148 valence electrons. The van der Waals surface area contributed by atoms with Gasteiger partial charge in [0.25, 0.3) is 5.91 Å². The number of hydrogen-bond acceptors (Lipinski definition) is 3. The van der Waals surface area contributed by atoms with Crippen LogP contribution in [-0.4, -0.2) is 52.9 Å². The second-order valence-corrected chi connectivity index (χ2v) is 8.93. The zero-order valence-corrected chi connectivity index (χ0v) is 17.0. The molecule has 2 heterocycles. The fraction of sp³-hybridized carbons (Fsp3) is 0.619. The number of carbonyl (C=O) groups is 2. The Bertz CT molecular complexity index is 721. The summed E-state index contributed by atoms with van der Waals surface area (Å²) < 4.78 is 0. The molecule has 1 atom stereocenters. The van der Waals surface area contributed by atoms with E-state index >= 15 is 0 Å². The first-order valence-corrected chi connectivity index (χ1v) is 10.2. The first kappa shape index (κ1) is 20.0. The quantitative estimate of drug-likeness (QED) is 0.844. The lowest BCUT2D eigenvalue weighted by Crippen LogP contribution is -2.55. The van der Waals surface area contributed by atoms with Gasteiger partial charge >= 0.3 is 0 Å². The van der Waals surface area contributed by atoms with Crippen molar-refractivity contribution in [1.29, 1.82) is 0 Å². The lowest BCUT2D eigenvalue weighted by atomic mass is 9.73. The predicted molar refractivity (Wildman–Crippen MR) is 106 cm³/mol. The standard InChI is InChI=1S/C21H29ClN2O3/c1-15(2)7-11-23-13-21(9-6-19(23)26)8-3-10-24(14-21)20(27)17-12-16(22)4-5-18(17)25/h4-5,12,15,25H,3,6-11,13-14H2,1-2H3/t21-/m1/s1. The number of phenolic OH excluding ortho intramolecular Hbond substituents is 1. The number of phenols is 1. The van der Waals surface area contributed by atoms with E-state index in [2.05, 4.69) is 13.8 Å². The van der Waals surface area contributed by atoms with Crippen LogP contribution in [0.25, 0.3) is 0 Å². The van der Waals surface area contributed by atoms with E-state index < -0.39 is 0 Å². The van der Waals surface area contributed by atoms with E-state index in [0.717, 1.165) is 38.8 Å². The van der Waals surface area contributed by atoms with Gasteiger partial charge in [-0.25, -0.2) is 0 Å². The highest BCUT2D eigenvalue weighted by Crippen LogP contribution is 2.39. The number of benzene rings is 1. The van der Waals surface area contributed by atoms with E-state index in [-0.39, 0.29) is 28.5 Å². The van der Waals surface area contributed by atoms with Crippen LogP contribution in [0.5, 0.6) is 5.75 Å². The molecule has 1 spiro atoms. The number of nitrogens with zero attached hydrogens (tertiary/aromatic N) is 2. The maximum Gasteiger partial charge on any atom is 0.257 e. The van der Waals surface area contributed by atoms with Crippen molar-refractivity contribution in [3.05, 3.63) is 28.8 Å². The molecule has 0 unspecified atom stereocenters. The Labute approximate surface area is 166 Å². The first-order valence-electron chi connectivity index (χ1n) is 9.85. The van der Waals surface area contributed by atoms with Gasteiger partial charge in [0.1, 0.15) is 5.75 Å². The smallest absolute Gasteiger partial charge is 0.257 e. The van der Waals surface area contributed by atoms with Gasteiger partial charge in [0.15, 0.2) is 0 Å². The van der Waals surface area contributed by atoms with Crippen molar-refractivity contribution in [2.75, 3.05) is 26.2 Å². The average Bonchev–Trinajstić information content (AvgIpc) is 2.64. The maximum atomic E-state index is 13.0. The fourth-order valence-electron chi connectivity index (χ4n) is 4.28. The molecule has 0 aliphatic carbocycles. The molecule has 1 aromatic rings. The molecule has 0 aromatic heterocycles. The van der Waals surface area contributed by atoms with Gasteiger partial charge in [0.2, 0.25) is 5.91 Å². The van der Waals surface area contributed by atoms with E-state index in [1.54, 1.807) is 6.07 Å². The van der Waals surface area contributed by atoms with Crippen LogP contribution in [0.15, 0.2) is 18.2 Å². The molecule has 5 nitrogen and oxygen atoms in total. The van der Waals surface area contributed by atoms with Crippen LogP contribution in [-0.2, 0) is 4.79 Å². The Morgan fingerprint density at radius 3 is 2.81 bits per heavy atom. The topological polar surface area (TPSA) is 60.9 Å². The van der Waals surface area contributed by atoms with Crippen molar-refractivity contribution >= 4 is 23.4 Å². The van der Waals surface area contributed by atoms with E-state index in [1.165, 1.54) is 12.1 Å². The highest BCUT2D eigenvalue weighted by molar-refractivity contribution is 6.31. The van der Waals surface area contributed by atoms with Crippen molar-refractivity contribution in [3.63, 3.8) is 0 Å². The number of piperidine rings is 2. The molecule has 2 aliphatic heterocycles. The van der Waals surface area contributed by atoms with Gasteiger partial charge in [-0.05, 0) is 49.8 Å². The van der Waals surface area contributed by atoms with Gasteiger partial charge in [0, 0.05) is 43.0 Å². The number of rotatable bonds is 4. The summed E-state index contributed by atoms with van der Waals surface area (Å²) in [6, 6.07) is 4.56. The minimum absolute atomic E-state index is 0.0347. The zero-order chi connectivity index (χ0) is 19.6. The third-order valence-electron chi connectivity index (χ3n) is 5.86. The molecule has 0 saturated carbocycles. The lowest BCUT2D eigenvalue weighted by Gasteiger charge is -2.48. The molecule has 2 aliphatic rings. The molecule has 2 amide bonds. The number of aromatic hydroxyl groups is 1. The normalized spacial score (nSPS) is 23.3. The van der Waals surface area contributed by atoms with Crippen molar-refractivity contribution < 1.29 is 14.7 Å². The third kappa shape index (κ3) is 4.57. The fourth-order valence-corrected chi connectivity index (χ4v) is 4.46. The van der Waals surface area contributed by atoms with E-state index in [4.69, 9.17) is 11.6 Å². The second kappa shape index (κ2) is 8.09. The zero-order valence-electron chi connectivity index (χ0n) is 16.2. The van der Waals surface area contributed by atoms with Gasteiger partial charge in [-0.3, -0.25) is 9.59 Å². The molecule has 1 aromatic carbocycles. The third-order valence-corrected chi connectivity index (χ3v) is 6.10. The minimum Gasteiger partial charge on any atom is -0.507 e. The van der Waals surface area contributed by atoms with Gasteiger partial charge in [0.05, 0.1) is 5.56 Å². The van der Waals surface area contributed by atoms with Crippen LogP contribution >= 0.6 is 11.6 Å². The van der Waals surface area contributed by atoms with E-state index in [0.29, 0.717) is 30.5 Å². The second-order valence-electron chi connectivity index (χ2n) is 8.49. The highest BCUT2D eigenvalue weighted by Gasteiger charge is 2.42. The van der Waals surface area contributed by atoms with Crippen molar-refractivity contribution in [1.82, 2.24) is 9.80 Å². The Kier molecular flexibility index (Phi) is 5.99. The van der Waals surface area contributed by atoms with E-state index in [9.17, 15) is 14.7 Å². The summed E-state index contributed by atoms with van der Waals surface area (Å²) >= 11 is 6.01. The predicted octanol–water partition coefficient (Wildman–Crippen LogP) is 3.94. The molecule has 1 N–H and O–H groups in total. The summed E-state index contributed by atoms with van der Waals surface area (Å²) in [4.78, 5) is 29.2. The SMILES string of the molecule is CC(C)CCN1C[C@@]2(CCCN(C(=O)c3cc(Cl)ccc3O)C2)CCC1=O. The molecular formula is C21H29ClN2O3. The van der Waals surface area contributed by atoms with Crippen LogP contribution in [0.1, 0.15) is 56.3 Å². The Balaban J connectivity index is 1.73. The highest BCUT2D eigenvalue weighted by atomic mass is 35.5. The Morgan fingerprint density at radius 2 is 2.07 bits per heavy atom. The van der Waals surface area contributed by atoms with Gasteiger partial charge < -0.3 is 14.9 Å². The van der Waals surface area contributed by atoms with Crippen molar-refractivity contribution in [3.8, 4) is 5.75 Å². The summed E-state index contributed by atoms with van der Waals surface area (Å²) in [7, 11) is 0. The largest absolute Gasteiger partial charge is 0.507 e. The van der Waals surface area contributed by atoms with Crippen molar-refractivity contribution in [2.24, 2.45) is 11.3 Å². The summed E-state index contributed by atoms with van der Waals surface area (Å²) in [6.45, 7) is 7.16. The van der Waals surface area contributed by atoms with E-state index in [1.807, 2.05) is 9.80 Å². The number of carbonyl (C=O) groups excluding carboxylic acids is 2. The van der Waals surface area contributed by atoms with Crippen LogP contribution < -0.4 is 0 Å². The first-order chi connectivity index (χ1) is 12.8. The Morgan fingerprint density at radius 1 is 1.30 bits per heavy atom. The van der Waals surface area contributed by atoms with Crippen LogP contribution in [0.4, 0.5) is 0 Å². The van der Waals surface area contributed by atoms with Gasteiger partial charge in [-0.1, -0.05) is 25.4 Å². The summed E-state index contributed by atoms with van der Waals surface area (Å²) in [5, 5.41) is 10.5. The molecule has 3 rings (SSSR count). The minimum atomic E-state index is -0.181. The Hall–Kier alpha value is -1.75. The molecule has 6 heteroatoms. The molecular weight excluding hydrogens is 364 g/mol. The molecule has 0 bridgehead atoms. The van der Waals surface area contributed by atoms with Crippen molar-refractivity contribution in [2.45, 2.75) is 46.0 Å². The van der Waals surface area contributed by atoms with Crippen LogP contribution in [0, 0.1) is 11.3 Å². The summed E-state index contributed by atoms with van der Waals surface area (Å²) in [6.07, 6.45) is 4.34. The molecule has 27 heavy (non-hydrogen) atoms. The number of amides is 2. The molecule has 2 fully saturated rings. The van der Waals surface area contributed by atoms with Crippen LogP contribution in [0.2, 0.25) is 5.02 Å². The van der Waals surface area contributed by atoms with Gasteiger partial charge in [-0.2, -0.15) is 0 Å². The molecule has 0 radical (unpaired) electrons.